The van der Waals surface area contributed by atoms with Crippen molar-refractivity contribution < 1.29 is 22.7 Å². The predicted molar refractivity (Wildman–Crippen MR) is 78.7 cm³/mol. The fourth-order valence-corrected chi connectivity index (χ4v) is 2.26. The van der Waals surface area contributed by atoms with Gasteiger partial charge in [-0.2, -0.15) is 18.3 Å². The first-order valence-corrected chi connectivity index (χ1v) is 7.34. The van der Waals surface area contributed by atoms with Crippen LogP contribution in [0.3, 0.4) is 0 Å². The Labute approximate surface area is 139 Å². The van der Waals surface area contributed by atoms with Gasteiger partial charge in [0, 0.05) is 18.3 Å². The molecule has 0 N–H and O–H groups in total. The zero-order valence-corrected chi connectivity index (χ0v) is 12.8. The van der Waals surface area contributed by atoms with Crippen molar-refractivity contribution >= 4 is 5.91 Å². The molecule has 1 saturated heterocycles. The molecule has 0 unspecified atom stereocenters. The smallest absolute Gasteiger partial charge is 0.433 e. The summed E-state index contributed by atoms with van der Waals surface area (Å²) in [5.74, 6) is -0.467. The fourth-order valence-electron chi connectivity index (χ4n) is 2.26. The number of likely N-dealkylation sites (tertiary alicyclic amines) is 1. The Kier molecular flexibility index (Phi) is 4.43. The van der Waals surface area contributed by atoms with Crippen molar-refractivity contribution in [1.82, 2.24) is 19.7 Å². The third-order valence-electron chi connectivity index (χ3n) is 3.57. The summed E-state index contributed by atoms with van der Waals surface area (Å²) in [7, 11) is 0. The number of carbonyl (C=O) groups is 1. The highest BCUT2D eigenvalue weighted by atomic mass is 19.4. The van der Waals surface area contributed by atoms with E-state index in [1.165, 1.54) is 35.4 Å². The zero-order chi connectivity index (χ0) is 18.0. The van der Waals surface area contributed by atoms with Gasteiger partial charge in [0.1, 0.15) is 18.3 Å². The summed E-state index contributed by atoms with van der Waals surface area (Å²) in [5.41, 5.74) is -1.43. The second kappa shape index (κ2) is 6.54. The summed E-state index contributed by atoms with van der Waals surface area (Å²) in [4.78, 5) is 28.4. The van der Waals surface area contributed by atoms with Gasteiger partial charge in [-0.25, -0.2) is 9.67 Å². The molecule has 0 spiro atoms. The molecule has 1 aliphatic heterocycles. The third-order valence-corrected chi connectivity index (χ3v) is 3.57. The van der Waals surface area contributed by atoms with Crippen LogP contribution in [-0.4, -0.2) is 44.8 Å². The number of hydrogen-bond acceptors (Lipinski definition) is 5. The first kappa shape index (κ1) is 16.9. The highest BCUT2D eigenvalue weighted by Gasteiger charge is 2.35. The summed E-state index contributed by atoms with van der Waals surface area (Å²) in [6.07, 6.45) is -3.59. The van der Waals surface area contributed by atoms with Gasteiger partial charge in [-0.1, -0.05) is 6.07 Å². The maximum atomic E-state index is 12.6. The van der Waals surface area contributed by atoms with Crippen molar-refractivity contribution in [2.45, 2.75) is 18.8 Å². The highest BCUT2D eigenvalue weighted by molar-refractivity contribution is 5.76. The molecule has 1 amide bonds. The maximum absolute atomic E-state index is 12.6. The maximum Gasteiger partial charge on any atom is 0.433 e. The number of carbonyl (C=O) groups excluding carboxylic acids is 1. The molecule has 132 valence electrons. The van der Waals surface area contributed by atoms with Crippen LogP contribution < -0.4 is 10.3 Å². The molecule has 2 aromatic heterocycles. The molecule has 0 bridgehead atoms. The van der Waals surface area contributed by atoms with Gasteiger partial charge in [0.15, 0.2) is 0 Å². The molecule has 25 heavy (non-hydrogen) atoms. The van der Waals surface area contributed by atoms with E-state index >= 15 is 0 Å². The van der Waals surface area contributed by atoms with E-state index in [0.717, 1.165) is 10.7 Å². The van der Waals surface area contributed by atoms with E-state index in [0.29, 0.717) is 0 Å². The number of aromatic nitrogens is 3. The lowest BCUT2D eigenvalue weighted by molar-refractivity contribution is -0.142. The topological polar surface area (TPSA) is 77.3 Å². The van der Waals surface area contributed by atoms with E-state index in [9.17, 15) is 22.8 Å². The summed E-state index contributed by atoms with van der Waals surface area (Å²) in [6.45, 7) is 0.213. The Bertz CT molecular complexity index is 831. The largest absolute Gasteiger partial charge is 0.471 e. The summed E-state index contributed by atoms with van der Waals surface area (Å²) in [6, 6.07) is 6.15. The van der Waals surface area contributed by atoms with Gasteiger partial charge in [-0.15, -0.1) is 0 Å². The van der Waals surface area contributed by atoms with Crippen LogP contribution in [-0.2, 0) is 17.5 Å². The van der Waals surface area contributed by atoms with Crippen molar-refractivity contribution in [2.24, 2.45) is 0 Å². The number of ether oxygens (including phenoxy) is 1. The second-order valence-electron chi connectivity index (χ2n) is 5.42. The average molecular weight is 354 g/mol. The first-order valence-electron chi connectivity index (χ1n) is 7.34. The fraction of sp³-hybridized carbons (Fsp3) is 0.333. The van der Waals surface area contributed by atoms with Crippen molar-refractivity contribution in [3.63, 3.8) is 0 Å². The molecule has 1 fully saturated rings. The molecular formula is C15H13F3N4O3. The molecule has 7 nitrogen and oxygen atoms in total. The van der Waals surface area contributed by atoms with Crippen LogP contribution >= 0.6 is 0 Å². The highest BCUT2D eigenvalue weighted by Crippen LogP contribution is 2.29. The van der Waals surface area contributed by atoms with Crippen molar-refractivity contribution in [3.8, 4) is 5.88 Å². The van der Waals surface area contributed by atoms with Gasteiger partial charge < -0.3 is 9.64 Å². The zero-order valence-electron chi connectivity index (χ0n) is 12.8. The van der Waals surface area contributed by atoms with Gasteiger partial charge in [0.05, 0.1) is 13.1 Å². The van der Waals surface area contributed by atoms with Gasteiger partial charge in [0.25, 0.3) is 5.56 Å². The third kappa shape index (κ3) is 3.95. The molecule has 0 aliphatic carbocycles. The average Bonchev–Trinajstić information content (AvgIpc) is 2.52. The van der Waals surface area contributed by atoms with Crippen LogP contribution in [0.25, 0.3) is 0 Å². The van der Waals surface area contributed by atoms with Crippen LogP contribution in [0, 0.1) is 0 Å². The molecule has 0 aromatic carbocycles. The van der Waals surface area contributed by atoms with Gasteiger partial charge in [-0.3, -0.25) is 9.59 Å². The second-order valence-corrected chi connectivity index (χ2v) is 5.42. The van der Waals surface area contributed by atoms with E-state index in [1.807, 2.05) is 0 Å². The van der Waals surface area contributed by atoms with Crippen LogP contribution in [0.1, 0.15) is 5.69 Å². The van der Waals surface area contributed by atoms with Crippen LogP contribution in [0.2, 0.25) is 0 Å². The molecule has 3 heterocycles. The Hall–Kier alpha value is -2.91. The Balaban J connectivity index is 1.54. The molecule has 10 heteroatoms. The molecule has 2 aromatic rings. The molecular weight excluding hydrogens is 341 g/mol. The van der Waals surface area contributed by atoms with Crippen LogP contribution in [0.4, 0.5) is 13.2 Å². The number of nitrogens with zero attached hydrogens (tertiary/aromatic N) is 4. The van der Waals surface area contributed by atoms with Gasteiger partial charge in [0.2, 0.25) is 11.8 Å². The summed E-state index contributed by atoms with van der Waals surface area (Å²) >= 11 is 0. The molecule has 0 atom stereocenters. The van der Waals surface area contributed by atoms with E-state index < -0.39 is 23.5 Å². The number of alkyl halides is 3. The number of halogens is 3. The first-order chi connectivity index (χ1) is 11.8. The monoisotopic (exact) mass is 354 g/mol. The lowest BCUT2D eigenvalue weighted by Gasteiger charge is -2.38. The van der Waals surface area contributed by atoms with E-state index in [1.54, 1.807) is 0 Å². The van der Waals surface area contributed by atoms with Crippen molar-refractivity contribution in [2.75, 3.05) is 13.1 Å². The number of pyridine rings is 1. The number of hydrogen-bond donors (Lipinski definition) is 0. The minimum Gasteiger partial charge on any atom is -0.471 e. The van der Waals surface area contributed by atoms with Gasteiger partial charge >= 0.3 is 6.18 Å². The van der Waals surface area contributed by atoms with E-state index in [4.69, 9.17) is 4.74 Å². The summed E-state index contributed by atoms with van der Waals surface area (Å²) < 4.78 is 44.2. The minimum absolute atomic E-state index is 0.145. The van der Waals surface area contributed by atoms with Gasteiger partial charge in [-0.05, 0) is 12.1 Å². The van der Waals surface area contributed by atoms with E-state index in [2.05, 4.69) is 10.1 Å². The SMILES string of the molecule is O=C(Cn1ncccc1=O)N1CC(Oc2cccc(C(F)(F)F)n2)C1. The minimum atomic E-state index is -4.54. The lowest BCUT2D eigenvalue weighted by Crippen LogP contribution is -2.57. The Morgan fingerprint density at radius 2 is 2.00 bits per heavy atom. The predicted octanol–water partition coefficient (Wildman–Crippen LogP) is 0.947. The Morgan fingerprint density at radius 1 is 1.24 bits per heavy atom. The number of amides is 1. The number of rotatable bonds is 4. The quantitative estimate of drug-likeness (QED) is 0.817. The lowest BCUT2D eigenvalue weighted by atomic mass is 10.1. The molecule has 0 radical (unpaired) electrons. The van der Waals surface area contributed by atoms with Crippen molar-refractivity contribution in [3.05, 3.63) is 52.6 Å². The molecule has 0 saturated carbocycles. The standard InChI is InChI=1S/C15H13F3N4O3/c16-15(17,18)11-3-1-4-12(20-11)25-10-7-21(8-10)14(24)9-22-13(23)5-2-6-19-22/h1-6,10H,7-9H2. The van der Waals surface area contributed by atoms with E-state index in [-0.39, 0.29) is 31.4 Å². The Morgan fingerprint density at radius 3 is 2.68 bits per heavy atom. The van der Waals surface area contributed by atoms with Crippen molar-refractivity contribution in [1.29, 1.82) is 0 Å². The molecule has 3 rings (SSSR count). The summed E-state index contributed by atoms with van der Waals surface area (Å²) in [5, 5.41) is 3.79. The van der Waals surface area contributed by atoms with Crippen LogP contribution in [0.15, 0.2) is 41.3 Å². The van der Waals surface area contributed by atoms with Crippen LogP contribution in [0.5, 0.6) is 5.88 Å². The normalized spacial score (nSPS) is 14.9. The molecule has 1 aliphatic rings.